The number of para-hydroxylation sites is 1. The molecule has 0 radical (unpaired) electrons. The van der Waals surface area contributed by atoms with Crippen molar-refractivity contribution in [1.82, 2.24) is 20.2 Å². The first-order chi connectivity index (χ1) is 13.7. The van der Waals surface area contributed by atoms with Crippen LogP contribution in [0.15, 0.2) is 78.9 Å². The highest BCUT2D eigenvalue weighted by molar-refractivity contribution is 6.30. The molecule has 0 unspecified atom stereocenters. The van der Waals surface area contributed by atoms with Gasteiger partial charge in [-0.2, -0.15) is 4.80 Å². The van der Waals surface area contributed by atoms with Gasteiger partial charge in [-0.05, 0) is 47.2 Å². The number of halogens is 1. The van der Waals surface area contributed by atoms with E-state index in [4.69, 9.17) is 11.6 Å². The highest BCUT2D eigenvalue weighted by atomic mass is 35.5. The number of benzene rings is 3. The summed E-state index contributed by atoms with van der Waals surface area (Å²) in [6.45, 7) is 0.453. The Hall–Kier alpha value is -3.51. The average molecular weight is 390 g/mol. The number of hydrogen-bond acceptors (Lipinski definition) is 4. The number of nitrogens with zero attached hydrogens (tertiary/aromatic N) is 4. The fraction of sp³-hybridized carbons (Fsp3) is 0.0476. The van der Waals surface area contributed by atoms with Crippen molar-refractivity contribution in [1.29, 1.82) is 0 Å². The molecule has 0 aliphatic heterocycles. The molecule has 6 nitrogen and oxygen atoms in total. The lowest BCUT2D eigenvalue weighted by atomic mass is 10.1. The Morgan fingerprint density at radius 1 is 0.964 bits per heavy atom. The standard InChI is InChI=1S/C21H16ClN5O/c22-18-6-4-5-17(13-18)20-24-26-27(25-20)14-15-9-11-16(12-10-15)21(28)23-19-7-2-1-3-8-19/h1-13H,14H2,(H,23,28). The Morgan fingerprint density at radius 3 is 2.50 bits per heavy atom. The Bertz CT molecular complexity index is 1090. The summed E-state index contributed by atoms with van der Waals surface area (Å²) in [5, 5.41) is 16.0. The van der Waals surface area contributed by atoms with Crippen molar-refractivity contribution in [2.45, 2.75) is 6.54 Å². The number of rotatable bonds is 5. The van der Waals surface area contributed by atoms with Gasteiger partial charge in [-0.15, -0.1) is 10.2 Å². The maximum atomic E-state index is 12.3. The summed E-state index contributed by atoms with van der Waals surface area (Å²) < 4.78 is 0. The van der Waals surface area contributed by atoms with Crippen LogP contribution in [0.5, 0.6) is 0 Å². The minimum absolute atomic E-state index is 0.153. The van der Waals surface area contributed by atoms with Gasteiger partial charge in [-0.1, -0.05) is 54.1 Å². The molecule has 0 saturated heterocycles. The van der Waals surface area contributed by atoms with Crippen molar-refractivity contribution < 1.29 is 4.79 Å². The Morgan fingerprint density at radius 2 is 1.75 bits per heavy atom. The van der Waals surface area contributed by atoms with Gasteiger partial charge in [0.25, 0.3) is 5.91 Å². The Labute approximate surface area is 166 Å². The lowest BCUT2D eigenvalue weighted by Crippen LogP contribution is -2.12. The summed E-state index contributed by atoms with van der Waals surface area (Å²) in [4.78, 5) is 13.8. The van der Waals surface area contributed by atoms with Gasteiger partial charge < -0.3 is 5.32 Å². The van der Waals surface area contributed by atoms with E-state index in [0.29, 0.717) is 23.0 Å². The molecule has 0 aliphatic rings. The van der Waals surface area contributed by atoms with Crippen LogP contribution in [0.25, 0.3) is 11.4 Å². The number of carbonyl (C=O) groups excluding carboxylic acids is 1. The van der Waals surface area contributed by atoms with E-state index in [1.54, 1.807) is 24.3 Å². The second-order valence-electron chi connectivity index (χ2n) is 6.17. The number of hydrogen-bond donors (Lipinski definition) is 1. The van der Waals surface area contributed by atoms with E-state index < -0.39 is 0 Å². The van der Waals surface area contributed by atoms with Crippen molar-refractivity contribution in [2.75, 3.05) is 5.32 Å². The predicted molar refractivity (Wildman–Crippen MR) is 108 cm³/mol. The smallest absolute Gasteiger partial charge is 0.255 e. The van der Waals surface area contributed by atoms with Gasteiger partial charge in [0, 0.05) is 21.8 Å². The molecule has 0 aliphatic carbocycles. The van der Waals surface area contributed by atoms with Crippen LogP contribution in [0.1, 0.15) is 15.9 Å². The third-order valence-electron chi connectivity index (χ3n) is 4.11. The van der Waals surface area contributed by atoms with Crippen LogP contribution in [0.3, 0.4) is 0 Å². The van der Waals surface area contributed by atoms with Crippen molar-refractivity contribution >= 4 is 23.2 Å². The fourth-order valence-corrected chi connectivity index (χ4v) is 2.89. The SMILES string of the molecule is O=C(Nc1ccccc1)c1ccc(Cn2nnc(-c3cccc(Cl)c3)n2)cc1. The third kappa shape index (κ3) is 4.24. The van der Waals surface area contributed by atoms with Crippen molar-refractivity contribution in [2.24, 2.45) is 0 Å². The summed E-state index contributed by atoms with van der Waals surface area (Å²) >= 11 is 6.01. The van der Waals surface area contributed by atoms with Crippen molar-refractivity contribution in [3.8, 4) is 11.4 Å². The molecule has 1 amide bonds. The number of amides is 1. The zero-order valence-corrected chi connectivity index (χ0v) is 15.5. The van der Waals surface area contributed by atoms with Gasteiger partial charge >= 0.3 is 0 Å². The van der Waals surface area contributed by atoms with E-state index in [9.17, 15) is 4.79 Å². The van der Waals surface area contributed by atoms with Crippen LogP contribution >= 0.6 is 11.6 Å². The predicted octanol–water partition coefficient (Wildman–Crippen LogP) is 4.29. The molecule has 1 N–H and O–H groups in total. The fourth-order valence-electron chi connectivity index (χ4n) is 2.70. The van der Waals surface area contributed by atoms with Crippen LogP contribution in [0, 0.1) is 0 Å². The molecule has 28 heavy (non-hydrogen) atoms. The minimum atomic E-state index is -0.153. The minimum Gasteiger partial charge on any atom is -0.322 e. The van der Waals surface area contributed by atoms with Gasteiger partial charge in [0.05, 0.1) is 6.54 Å². The molecule has 0 saturated carbocycles. The van der Waals surface area contributed by atoms with Gasteiger partial charge in [-0.25, -0.2) is 0 Å². The lowest BCUT2D eigenvalue weighted by Gasteiger charge is -2.06. The Balaban J connectivity index is 1.43. The van der Waals surface area contributed by atoms with Gasteiger partial charge in [-0.3, -0.25) is 4.79 Å². The van der Waals surface area contributed by atoms with E-state index in [0.717, 1.165) is 16.8 Å². The molecule has 1 heterocycles. The Kier molecular flexibility index (Phi) is 5.12. The molecule has 4 aromatic rings. The molecule has 0 bridgehead atoms. The molecule has 0 spiro atoms. The normalized spacial score (nSPS) is 10.6. The van der Waals surface area contributed by atoms with Gasteiger partial charge in [0.15, 0.2) is 0 Å². The number of aromatic nitrogens is 4. The average Bonchev–Trinajstić information content (AvgIpc) is 3.18. The molecule has 7 heteroatoms. The lowest BCUT2D eigenvalue weighted by molar-refractivity contribution is 0.102. The van der Waals surface area contributed by atoms with Crippen molar-refractivity contribution in [3.05, 3.63) is 95.0 Å². The van der Waals surface area contributed by atoms with Gasteiger partial charge in [0.1, 0.15) is 0 Å². The van der Waals surface area contributed by atoms with Gasteiger partial charge in [0.2, 0.25) is 5.82 Å². The first kappa shape index (κ1) is 17.9. The molecule has 4 rings (SSSR count). The summed E-state index contributed by atoms with van der Waals surface area (Å²) in [6.07, 6.45) is 0. The molecular weight excluding hydrogens is 374 g/mol. The largest absolute Gasteiger partial charge is 0.322 e. The van der Waals surface area contributed by atoms with Crippen LogP contribution in [0.4, 0.5) is 5.69 Å². The first-order valence-electron chi connectivity index (χ1n) is 8.66. The molecule has 3 aromatic carbocycles. The highest BCUT2D eigenvalue weighted by Crippen LogP contribution is 2.18. The molecule has 138 valence electrons. The topological polar surface area (TPSA) is 72.7 Å². The number of anilines is 1. The van der Waals surface area contributed by atoms with Crippen LogP contribution in [-0.2, 0) is 6.54 Å². The van der Waals surface area contributed by atoms with Crippen molar-refractivity contribution in [3.63, 3.8) is 0 Å². The quantitative estimate of drug-likeness (QED) is 0.552. The monoisotopic (exact) mass is 389 g/mol. The highest BCUT2D eigenvalue weighted by Gasteiger charge is 2.09. The second-order valence-corrected chi connectivity index (χ2v) is 6.61. The van der Waals surface area contributed by atoms with Crippen LogP contribution in [-0.4, -0.2) is 26.1 Å². The molecular formula is C21H16ClN5O. The van der Waals surface area contributed by atoms with E-state index in [-0.39, 0.29) is 5.91 Å². The van der Waals surface area contributed by atoms with E-state index >= 15 is 0 Å². The third-order valence-corrected chi connectivity index (χ3v) is 4.34. The van der Waals surface area contributed by atoms with Crippen LogP contribution in [0.2, 0.25) is 5.02 Å². The second kappa shape index (κ2) is 8.02. The summed E-state index contributed by atoms with van der Waals surface area (Å²) in [5.41, 5.74) is 3.12. The number of nitrogens with one attached hydrogen (secondary N) is 1. The summed E-state index contributed by atoms with van der Waals surface area (Å²) in [5.74, 6) is 0.362. The molecule has 0 fully saturated rings. The van der Waals surface area contributed by atoms with Crippen LogP contribution < -0.4 is 5.32 Å². The zero-order valence-electron chi connectivity index (χ0n) is 14.8. The van der Waals surface area contributed by atoms with E-state index in [1.165, 1.54) is 4.80 Å². The maximum absolute atomic E-state index is 12.3. The van der Waals surface area contributed by atoms with E-state index in [2.05, 4.69) is 20.7 Å². The van der Waals surface area contributed by atoms with E-state index in [1.807, 2.05) is 54.6 Å². The summed E-state index contributed by atoms with van der Waals surface area (Å²) in [7, 11) is 0. The molecule has 0 atom stereocenters. The maximum Gasteiger partial charge on any atom is 0.255 e. The number of tetrazole rings is 1. The zero-order chi connectivity index (χ0) is 19.3. The molecule has 1 aromatic heterocycles. The first-order valence-corrected chi connectivity index (χ1v) is 9.04. The number of carbonyl (C=O) groups is 1. The summed E-state index contributed by atoms with van der Waals surface area (Å²) in [6, 6.07) is 24.0.